The maximum Gasteiger partial charge on any atom is 0.335 e. The summed E-state index contributed by atoms with van der Waals surface area (Å²) in [5.74, 6) is -1.11. The average molecular weight is 257 g/mol. The van der Waals surface area contributed by atoms with Crippen molar-refractivity contribution in [3.05, 3.63) is 63.7 Å². The highest BCUT2D eigenvalue weighted by Crippen LogP contribution is 2.32. The van der Waals surface area contributed by atoms with Crippen LogP contribution < -0.4 is 0 Å². The Morgan fingerprint density at radius 3 is 2.42 bits per heavy atom. The molecule has 0 heterocycles. The van der Waals surface area contributed by atoms with Crippen LogP contribution >= 0.6 is 0 Å². The molecule has 0 bridgehead atoms. The summed E-state index contributed by atoms with van der Waals surface area (Å²) in [5, 5.41) is 20.0. The normalized spacial score (nSPS) is 10.2. The highest BCUT2D eigenvalue weighted by Gasteiger charge is 2.18. The first-order chi connectivity index (χ1) is 9.00. The number of rotatable bonds is 3. The zero-order valence-corrected chi connectivity index (χ0v) is 10.2. The Morgan fingerprint density at radius 2 is 1.84 bits per heavy atom. The second-order valence-corrected chi connectivity index (χ2v) is 4.11. The zero-order valence-electron chi connectivity index (χ0n) is 10.2. The molecule has 0 radical (unpaired) electrons. The van der Waals surface area contributed by atoms with E-state index >= 15 is 0 Å². The summed E-state index contributed by atoms with van der Waals surface area (Å²) in [6.07, 6.45) is 0. The number of carboxylic acid groups (broad SMARTS) is 1. The van der Waals surface area contributed by atoms with E-state index < -0.39 is 10.9 Å². The van der Waals surface area contributed by atoms with Crippen molar-refractivity contribution in [3.8, 4) is 11.1 Å². The third-order valence-corrected chi connectivity index (χ3v) is 2.88. The summed E-state index contributed by atoms with van der Waals surface area (Å²) in [4.78, 5) is 21.5. The fourth-order valence-corrected chi connectivity index (χ4v) is 1.92. The average Bonchev–Trinajstić information content (AvgIpc) is 2.38. The number of nitro benzene ring substituents is 1. The molecule has 19 heavy (non-hydrogen) atoms. The van der Waals surface area contributed by atoms with Crippen LogP contribution in [-0.2, 0) is 0 Å². The standard InChI is InChI=1S/C14H11NO4/c1-9-4-2-3-5-11(9)12-8-10(14(16)17)6-7-13(12)15(18)19/h2-8H,1H3,(H,16,17). The fourth-order valence-electron chi connectivity index (χ4n) is 1.92. The Morgan fingerprint density at radius 1 is 1.16 bits per heavy atom. The van der Waals surface area contributed by atoms with Gasteiger partial charge in [0, 0.05) is 6.07 Å². The lowest BCUT2D eigenvalue weighted by Crippen LogP contribution is -1.99. The van der Waals surface area contributed by atoms with Gasteiger partial charge < -0.3 is 5.11 Å². The molecule has 0 saturated carbocycles. The van der Waals surface area contributed by atoms with E-state index in [0.29, 0.717) is 11.1 Å². The number of aromatic carboxylic acids is 1. The molecule has 5 heteroatoms. The Hall–Kier alpha value is -2.69. The fraction of sp³-hybridized carbons (Fsp3) is 0.0714. The SMILES string of the molecule is Cc1ccccc1-c1cc(C(=O)O)ccc1[N+](=O)[O-]. The molecule has 1 N–H and O–H groups in total. The van der Waals surface area contributed by atoms with E-state index in [9.17, 15) is 14.9 Å². The minimum Gasteiger partial charge on any atom is -0.478 e. The lowest BCUT2D eigenvalue weighted by Gasteiger charge is -2.07. The van der Waals surface area contributed by atoms with E-state index in [1.165, 1.54) is 18.2 Å². The van der Waals surface area contributed by atoms with Gasteiger partial charge in [0.05, 0.1) is 16.1 Å². The molecule has 0 aliphatic carbocycles. The van der Waals surface area contributed by atoms with E-state index in [1.54, 1.807) is 12.1 Å². The Bertz CT molecular complexity index is 664. The maximum absolute atomic E-state index is 11.0. The number of nitro groups is 1. The van der Waals surface area contributed by atoms with Gasteiger partial charge in [-0.15, -0.1) is 0 Å². The number of benzene rings is 2. The van der Waals surface area contributed by atoms with Gasteiger partial charge >= 0.3 is 5.97 Å². The highest BCUT2D eigenvalue weighted by atomic mass is 16.6. The first kappa shape index (κ1) is 12.8. The van der Waals surface area contributed by atoms with E-state index in [-0.39, 0.29) is 11.3 Å². The summed E-state index contributed by atoms with van der Waals surface area (Å²) in [6.45, 7) is 1.83. The molecular formula is C14H11NO4. The van der Waals surface area contributed by atoms with E-state index in [1.807, 2.05) is 19.1 Å². The van der Waals surface area contributed by atoms with Crippen molar-refractivity contribution in [3.63, 3.8) is 0 Å². The molecule has 2 rings (SSSR count). The highest BCUT2D eigenvalue weighted by molar-refractivity contribution is 5.91. The molecule has 0 unspecified atom stereocenters. The monoisotopic (exact) mass is 257 g/mol. The summed E-state index contributed by atoms with van der Waals surface area (Å²) in [5.41, 5.74) is 1.77. The topological polar surface area (TPSA) is 80.4 Å². The van der Waals surface area contributed by atoms with E-state index in [2.05, 4.69) is 0 Å². The molecule has 2 aromatic rings. The second kappa shape index (κ2) is 4.89. The van der Waals surface area contributed by atoms with Crippen LogP contribution in [0.15, 0.2) is 42.5 Å². The predicted molar refractivity (Wildman–Crippen MR) is 70.2 cm³/mol. The van der Waals surface area contributed by atoms with Gasteiger partial charge in [0.2, 0.25) is 0 Å². The molecule has 0 aromatic heterocycles. The van der Waals surface area contributed by atoms with Crippen LogP contribution in [0.1, 0.15) is 15.9 Å². The largest absolute Gasteiger partial charge is 0.478 e. The first-order valence-electron chi connectivity index (χ1n) is 5.58. The van der Waals surface area contributed by atoms with Crippen LogP contribution in [-0.4, -0.2) is 16.0 Å². The van der Waals surface area contributed by atoms with Crippen LogP contribution in [0.5, 0.6) is 0 Å². The minimum atomic E-state index is -1.11. The van der Waals surface area contributed by atoms with Crippen molar-refractivity contribution in [2.24, 2.45) is 0 Å². The third kappa shape index (κ3) is 2.44. The number of hydrogen-bond acceptors (Lipinski definition) is 3. The molecule has 2 aromatic carbocycles. The summed E-state index contributed by atoms with van der Waals surface area (Å²) in [7, 11) is 0. The molecule has 96 valence electrons. The molecule has 0 fully saturated rings. The molecular weight excluding hydrogens is 246 g/mol. The van der Waals surface area contributed by atoms with Gasteiger partial charge in [0.25, 0.3) is 5.69 Å². The van der Waals surface area contributed by atoms with Gasteiger partial charge in [-0.05, 0) is 30.2 Å². The van der Waals surface area contributed by atoms with Crippen molar-refractivity contribution < 1.29 is 14.8 Å². The van der Waals surface area contributed by atoms with Crippen LogP contribution in [0.25, 0.3) is 11.1 Å². The van der Waals surface area contributed by atoms with Crippen molar-refractivity contribution in [2.45, 2.75) is 6.92 Å². The maximum atomic E-state index is 11.0. The molecule has 0 atom stereocenters. The number of carboxylic acids is 1. The van der Waals surface area contributed by atoms with E-state index in [4.69, 9.17) is 5.11 Å². The lowest BCUT2D eigenvalue weighted by molar-refractivity contribution is -0.384. The smallest absolute Gasteiger partial charge is 0.335 e. The third-order valence-electron chi connectivity index (χ3n) is 2.88. The molecule has 0 aliphatic heterocycles. The lowest BCUT2D eigenvalue weighted by atomic mass is 9.97. The molecule has 0 saturated heterocycles. The van der Waals surface area contributed by atoms with Gasteiger partial charge in [0.1, 0.15) is 0 Å². The summed E-state index contributed by atoms with van der Waals surface area (Å²) in [6, 6.07) is 11.0. The van der Waals surface area contributed by atoms with Gasteiger partial charge in [-0.25, -0.2) is 4.79 Å². The van der Waals surface area contributed by atoms with Crippen molar-refractivity contribution in [1.29, 1.82) is 0 Å². The van der Waals surface area contributed by atoms with Crippen LogP contribution in [0.4, 0.5) is 5.69 Å². The van der Waals surface area contributed by atoms with Crippen molar-refractivity contribution in [1.82, 2.24) is 0 Å². The van der Waals surface area contributed by atoms with Gasteiger partial charge in [0.15, 0.2) is 0 Å². The molecule has 0 aliphatic rings. The molecule has 0 spiro atoms. The Balaban J connectivity index is 2.72. The first-order valence-corrected chi connectivity index (χ1v) is 5.58. The summed E-state index contributed by atoms with van der Waals surface area (Å²) < 4.78 is 0. The molecule has 5 nitrogen and oxygen atoms in total. The van der Waals surface area contributed by atoms with Crippen molar-refractivity contribution >= 4 is 11.7 Å². The van der Waals surface area contributed by atoms with Crippen molar-refractivity contribution in [2.75, 3.05) is 0 Å². The number of aryl methyl sites for hydroxylation is 1. The minimum absolute atomic E-state index is 0.0313. The Kier molecular flexibility index (Phi) is 3.29. The number of carbonyl (C=O) groups is 1. The van der Waals surface area contributed by atoms with Crippen LogP contribution in [0, 0.1) is 17.0 Å². The van der Waals surface area contributed by atoms with Gasteiger partial charge in [-0.3, -0.25) is 10.1 Å². The van der Waals surface area contributed by atoms with Crippen LogP contribution in [0.2, 0.25) is 0 Å². The van der Waals surface area contributed by atoms with Gasteiger partial charge in [-0.2, -0.15) is 0 Å². The predicted octanol–water partition coefficient (Wildman–Crippen LogP) is 3.27. The number of nitrogens with zero attached hydrogens (tertiary/aromatic N) is 1. The summed E-state index contributed by atoms with van der Waals surface area (Å²) >= 11 is 0. The van der Waals surface area contributed by atoms with E-state index in [0.717, 1.165) is 5.56 Å². The van der Waals surface area contributed by atoms with Crippen LogP contribution in [0.3, 0.4) is 0 Å². The number of hydrogen-bond donors (Lipinski definition) is 1. The second-order valence-electron chi connectivity index (χ2n) is 4.11. The Labute approximate surface area is 109 Å². The quantitative estimate of drug-likeness (QED) is 0.675. The zero-order chi connectivity index (χ0) is 14.0. The van der Waals surface area contributed by atoms with Gasteiger partial charge in [-0.1, -0.05) is 24.3 Å². The molecule has 0 amide bonds.